The number of benzene rings is 1. The molecule has 3 heteroatoms. The van der Waals surface area contributed by atoms with E-state index in [4.69, 9.17) is 16.3 Å². The van der Waals surface area contributed by atoms with Crippen LogP contribution in [0.15, 0.2) is 24.3 Å². The third-order valence-corrected chi connectivity index (χ3v) is 5.58. The summed E-state index contributed by atoms with van der Waals surface area (Å²) in [7, 11) is 0. The average Bonchev–Trinajstić information content (AvgIpc) is 2.51. The van der Waals surface area contributed by atoms with E-state index in [0.717, 1.165) is 17.5 Å². The number of morpholine rings is 1. The Balaban J connectivity index is 1.76. The van der Waals surface area contributed by atoms with Gasteiger partial charge in [0.05, 0.1) is 11.7 Å². The van der Waals surface area contributed by atoms with E-state index >= 15 is 0 Å². The number of hydrogen-bond acceptors (Lipinski definition) is 2. The van der Waals surface area contributed by atoms with Crippen LogP contribution in [0.5, 0.6) is 0 Å². The van der Waals surface area contributed by atoms with Crippen LogP contribution >= 0.6 is 11.6 Å². The summed E-state index contributed by atoms with van der Waals surface area (Å²) in [6.45, 7) is 5.50. The topological polar surface area (TPSA) is 21.3 Å². The Hall–Kier alpha value is -0.570. The maximum atomic E-state index is 6.64. The molecule has 2 atom stereocenters. The van der Waals surface area contributed by atoms with Crippen LogP contribution in [0.2, 0.25) is 5.02 Å². The smallest absolute Gasteiger partial charge is 0.0983 e. The van der Waals surface area contributed by atoms with E-state index in [2.05, 4.69) is 25.2 Å². The fraction of sp³-hybridized carbons (Fsp3) is 0.667. The van der Waals surface area contributed by atoms with Crippen molar-refractivity contribution in [2.75, 3.05) is 6.54 Å². The number of hydrogen-bond donors (Lipinski definition) is 1. The number of halogens is 1. The van der Waals surface area contributed by atoms with Crippen LogP contribution in [0.1, 0.15) is 57.6 Å². The van der Waals surface area contributed by atoms with Crippen molar-refractivity contribution in [1.29, 1.82) is 0 Å². The molecule has 2 nitrogen and oxygen atoms in total. The zero-order chi connectivity index (χ0) is 14.9. The molecule has 2 aliphatic rings. The van der Waals surface area contributed by atoms with E-state index in [-0.39, 0.29) is 11.7 Å². The molecule has 1 aliphatic heterocycles. The lowest BCUT2D eigenvalue weighted by Gasteiger charge is -2.48. The average molecular weight is 308 g/mol. The van der Waals surface area contributed by atoms with Gasteiger partial charge in [-0.1, -0.05) is 37.1 Å². The van der Waals surface area contributed by atoms with Crippen LogP contribution < -0.4 is 5.32 Å². The molecule has 2 fully saturated rings. The van der Waals surface area contributed by atoms with Crippen molar-refractivity contribution in [3.05, 3.63) is 34.9 Å². The van der Waals surface area contributed by atoms with E-state index in [1.165, 1.54) is 37.7 Å². The predicted octanol–water partition coefficient (Wildman–Crippen LogP) is 4.73. The second-order valence-electron chi connectivity index (χ2n) is 6.80. The van der Waals surface area contributed by atoms with Crippen LogP contribution in [0, 0.1) is 5.92 Å². The molecule has 1 N–H and O–H groups in total. The lowest BCUT2D eigenvalue weighted by atomic mass is 9.76. The number of nitrogens with one attached hydrogen (secondary N) is 1. The Morgan fingerprint density at radius 2 is 2.10 bits per heavy atom. The van der Waals surface area contributed by atoms with Gasteiger partial charge in [-0.25, -0.2) is 0 Å². The summed E-state index contributed by atoms with van der Waals surface area (Å²) in [6, 6.07) is 8.45. The molecule has 116 valence electrons. The maximum Gasteiger partial charge on any atom is 0.0983 e. The minimum Gasteiger partial charge on any atom is -0.364 e. The Morgan fingerprint density at radius 3 is 2.76 bits per heavy atom. The van der Waals surface area contributed by atoms with Crippen LogP contribution in [-0.2, 0) is 4.74 Å². The Bertz CT molecular complexity index is 482. The van der Waals surface area contributed by atoms with Crippen molar-refractivity contribution >= 4 is 11.6 Å². The highest BCUT2D eigenvalue weighted by molar-refractivity contribution is 6.30. The lowest BCUT2D eigenvalue weighted by Crippen LogP contribution is -2.56. The molecule has 1 heterocycles. The maximum absolute atomic E-state index is 6.64. The summed E-state index contributed by atoms with van der Waals surface area (Å²) >= 11 is 6.15. The molecule has 1 spiro atoms. The van der Waals surface area contributed by atoms with Gasteiger partial charge in [0.25, 0.3) is 0 Å². The molecule has 1 aromatic rings. The normalized spacial score (nSPS) is 36.8. The van der Waals surface area contributed by atoms with Gasteiger partial charge in [-0.2, -0.15) is 0 Å². The van der Waals surface area contributed by atoms with E-state index < -0.39 is 0 Å². The highest BCUT2D eigenvalue weighted by Gasteiger charge is 2.42. The fourth-order valence-electron chi connectivity index (χ4n) is 3.81. The molecular weight excluding hydrogens is 282 g/mol. The van der Waals surface area contributed by atoms with Gasteiger partial charge in [0.15, 0.2) is 0 Å². The Kier molecular flexibility index (Phi) is 4.58. The fourth-order valence-corrected chi connectivity index (χ4v) is 4.01. The van der Waals surface area contributed by atoms with Gasteiger partial charge >= 0.3 is 0 Å². The van der Waals surface area contributed by atoms with Crippen molar-refractivity contribution in [2.24, 2.45) is 5.92 Å². The first-order valence-electron chi connectivity index (χ1n) is 8.28. The van der Waals surface area contributed by atoms with Gasteiger partial charge in [0.1, 0.15) is 0 Å². The molecule has 2 unspecified atom stereocenters. The van der Waals surface area contributed by atoms with E-state index in [9.17, 15) is 0 Å². The first-order chi connectivity index (χ1) is 10.1. The van der Waals surface area contributed by atoms with Gasteiger partial charge in [-0.15, -0.1) is 0 Å². The molecule has 0 amide bonds. The molecule has 1 saturated heterocycles. The molecule has 1 saturated carbocycles. The first kappa shape index (κ1) is 15.3. The highest BCUT2D eigenvalue weighted by Crippen LogP contribution is 2.42. The number of rotatable bonds is 2. The predicted molar refractivity (Wildman–Crippen MR) is 87.7 cm³/mol. The molecular formula is C18H26ClNO. The van der Waals surface area contributed by atoms with Gasteiger partial charge < -0.3 is 10.1 Å². The zero-order valence-electron chi connectivity index (χ0n) is 13.1. The molecule has 0 bridgehead atoms. The highest BCUT2D eigenvalue weighted by atomic mass is 35.5. The summed E-state index contributed by atoms with van der Waals surface area (Å²) in [6.07, 6.45) is 6.38. The molecule has 1 aromatic carbocycles. The van der Waals surface area contributed by atoms with Crippen molar-refractivity contribution in [3.8, 4) is 0 Å². The summed E-state index contributed by atoms with van der Waals surface area (Å²) in [5, 5.41) is 4.46. The third kappa shape index (κ3) is 3.28. The molecule has 3 rings (SSSR count). The van der Waals surface area contributed by atoms with Crippen molar-refractivity contribution in [2.45, 2.75) is 63.7 Å². The van der Waals surface area contributed by atoms with Crippen LogP contribution in [0.4, 0.5) is 0 Å². The SMILES string of the molecule is CCC1CCC2(CC1)CNC(C)C(c1cccc(Cl)c1)O2. The summed E-state index contributed by atoms with van der Waals surface area (Å²) in [4.78, 5) is 0. The Labute approximate surface area is 133 Å². The largest absolute Gasteiger partial charge is 0.364 e. The van der Waals surface area contributed by atoms with E-state index in [1.807, 2.05) is 18.2 Å². The second kappa shape index (κ2) is 6.28. The van der Waals surface area contributed by atoms with Crippen LogP contribution in [-0.4, -0.2) is 18.2 Å². The lowest BCUT2D eigenvalue weighted by molar-refractivity contribution is -0.156. The molecule has 0 radical (unpaired) electrons. The van der Waals surface area contributed by atoms with Crippen molar-refractivity contribution in [1.82, 2.24) is 5.32 Å². The summed E-state index contributed by atoms with van der Waals surface area (Å²) in [5.74, 6) is 0.892. The van der Waals surface area contributed by atoms with E-state index in [1.54, 1.807) is 0 Å². The number of ether oxygens (including phenoxy) is 1. The second-order valence-corrected chi connectivity index (χ2v) is 7.23. The van der Waals surface area contributed by atoms with Gasteiger partial charge in [0, 0.05) is 17.6 Å². The minimum atomic E-state index is 0.0329. The van der Waals surface area contributed by atoms with Crippen LogP contribution in [0.3, 0.4) is 0 Å². The van der Waals surface area contributed by atoms with Crippen LogP contribution in [0.25, 0.3) is 0 Å². The summed E-state index contributed by atoms with van der Waals surface area (Å²) < 4.78 is 6.64. The molecule has 21 heavy (non-hydrogen) atoms. The monoisotopic (exact) mass is 307 g/mol. The molecule has 0 aromatic heterocycles. The zero-order valence-corrected chi connectivity index (χ0v) is 13.8. The first-order valence-corrected chi connectivity index (χ1v) is 8.66. The van der Waals surface area contributed by atoms with E-state index in [0.29, 0.717) is 6.04 Å². The quantitative estimate of drug-likeness (QED) is 0.853. The van der Waals surface area contributed by atoms with Gasteiger partial charge in [0.2, 0.25) is 0 Å². The third-order valence-electron chi connectivity index (χ3n) is 5.35. The Morgan fingerprint density at radius 1 is 1.33 bits per heavy atom. The van der Waals surface area contributed by atoms with Gasteiger partial charge in [-0.05, 0) is 56.2 Å². The van der Waals surface area contributed by atoms with Gasteiger partial charge in [-0.3, -0.25) is 0 Å². The van der Waals surface area contributed by atoms with Crippen molar-refractivity contribution in [3.63, 3.8) is 0 Å². The van der Waals surface area contributed by atoms with Crippen molar-refractivity contribution < 1.29 is 4.74 Å². The minimum absolute atomic E-state index is 0.0329. The molecule has 1 aliphatic carbocycles. The summed E-state index contributed by atoms with van der Waals surface area (Å²) in [5.41, 5.74) is 1.23. The standard InChI is InChI=1S/C18H26ClNO/c1-3-14-7-9-18(10-8-14)12-20-13(2)17(21-18)15-5-4-6-16(19)11-15/h4-6,11,13-14,17,20H,3,7-10,12H2,1-2H3.